The lowest BCUT2D eigenvalue weighted by atomic mass is 9.73. The number of fused-ring (bicyclic) bond motifs is 2. The zero-order chi connectivity index (χ0) is 19.9. The molecule has 4 rings (SSSR count). The summed E-state index contributed by atoms with van der Waals surface area (Å²) in [6.07, 6.45) is 5.12. The number of anilines is 2. The molecule has 0 saturated heterocycles. The molecule has 0 amide bonds. The van der Waals surface area contributed by atoms with E-state index in [1.165, 1.54) is 0 Å². The standard InChI is InChI=1S/C19H22ClN5O3/c1-27-12-7-11(22-8-13(12)28-2)9-25-10-14(26)19(5-3-4-6-19)15-16(20)23-18(21)24-17(15)25/h7-8H,3-6,9-10H2,1-2H3,(H2,21,23,24). The van der Waals surface area contributed by atoms with Crippen molar-refractivity contribution in [2.24, 2.45) is 0 Å². The number of nitrogens with two attached hydrogens (primary N) is 1. The molecule has 8 nitrogen and oxygen atoms in total. The lowest BCUT2D eigenvalue weighted by Gasteiger charge is -2.40. The van der Waals surface area contributed by atoms with Gasteiger partial charge in [-0.3, -0.25) is 9.78 Å². The number of carbonyl (C=O) groups is 1. The molecule has 2 aliphatic rings. The van der Waals surface area contributed by atoms with E-state index in [0.717, 1.165) is 25.7 Å². The van der Waals surface area contributed by atoms with E-state index in [1.54, 1.807) is 26.5 Å². The lowest BCUT2D eigenvalue weighted by molar-refractivity contribution is -0.123. The molecule has 2 N–H and O–H groups in total. The molecule has 3 heterocycles. The van der Waals surface area contributed by atoms with Crippen molar-refractivity contribution in [2.75, 3.05) is 31.4 Å². The maximum Gasteiger partial charge on any atom is 0.223 e. The number of ether oxygens (including phenoxy) is 2. The summed E-state index contributed by atoms with van der Waals surface area (Å²) in [7, 11) is 3.13. The summed E-state index contributed by atoms with van der Waals surface area (Å²) in [6, 6.07) is 1.79. The zero-order valence-electron chi connectivity index (χ0n) is 15.9. The quantitative estimate of drug-likeness (QED) is 0.776. The Morgan fingerprint density at radius 3 is 2.61 bits per heavy atom. The maximum atomic E-state index is 13.2. The van der Waals surface area contributed by atoms with E-state index in [1.807, 2.05) is 4.90 Å². The second-order valence-corrected chi connectivity index (χ2v) is 7.53. The van der Waals surface area contributed by atoms with E-state index >= 15 is 0 Å². The summed E-state index contributed by atoms with van der Waals surface area (Å²) < 4.78 is 10.6. The van der Waals surface area contributed by atoms with Crippen molar-refractivity contribution in [3.63, 3.8) is 0 Å². The molecular weight excluding hydrogens is 382 g/mol. The third kappa shape index (κ3) is 2.92. The van der Waals surface area contributed by atoms with Crippen LogP contribution in [0.25, 0.3) is 0 Å². The van der Waals surface area contributed by atoms with Crippen molar-refractivity contribution in [1.29, 1.82) is 0 Å². The third-order valence-electron chi connectivity index (χ3n) is 5.65. The summed E-state index contributed by atoms with van der Waals surface area (Å²) >= 11 is 6.48. The fraction of sp³-hybridized carbons (Fsp3) is 0.474. The SMILES string of the molecule is COc1cnc(CN2CC(=O)C3(CCCC3)c3c(Cl)nc(N)nc32)cc1OC. The Morgan fingerprint density at radius 1 is 1.21 bits per heavy atom. The number of Topliss-reactive ketones (excluding diaryl/α,β-unsaturated/α-hetero) is 1. The molecule has 1 saturated carbocycles. The molecule has 148 valence electrons. The van der Waals surface area contributed by atoms with Crippen molar-refractivity contribution in [2.45, 2.75) is 37.6 Å². The molecule has 1 fully saturated rings. The summed E-state index contributed by atoms with van der Waals surface area (Å²) in [5, 5.41) is 0.266. The first-order valence-corrected chi connectivity index (χ1v) is 9.55. The fourth-order valence-electron chi connectivity index (χ4n) is 4.32. The van der Waals surface area contributed by atoms with Gasteiger partial charge >= 0.3 is 0 Å². The number of nitrogens with zero attached hydrogens (tertiary/aromatic N) is 4. The molecule has 2 aromatic rings. The minimum atomic E-state index is -0.596. The normalized spacial score (nSPS) is 17.7. The highest BCUT2D eigenvalue weighted by Crippen LogP contribution is 2.50. The summed E-state index contributed by atoms with van der Waals surface area (Å²) in [5.41, 5.74) is 6.70. The van der Waals surface area contributed by atoms with Gasteiger partial charge in [0.15, 0.2) is 17.3 Å². The first kappa shape index (κ1) is 18.7. The molecule has 0 radical (unpaired) electrons. The molecule has 2 aromatic heterocycles. The van der Waals surface area contributed by atoms with Crippen molar-refractivity contribution in [3.8, 4) is 11.5 Å². The Bertz CT molecular complexity index is 930. The number of nitrogen functional groups attached to an aromatic ring is 1. The molecule has 28 heavy (non-hydrogen) atoms. The van der Waals surface area contributed by atoms with Crippen molar-refractivity contribution in [1.82, 2.24) is 15.0 Å². The minimum Gasteiger partial charge on any atom is -0.493 e. The van der Waals surface area contributed by atoms with Gasteiger partial charge in [0, 0.05) is 11.6 Å². The molecule has 1 aliphatic heterocycles. The predicted octanol–water partition coefficient (Wildman–Crippen LogP) is 2.53. The topological polar surface area (TPSA) is 103 Å². The van der Waals surface area contributed by atoms with Gasteiger partial charge in [-0.05, 0) is 12.8 Å². The number of pyridine rings is 1. The Balaban J connectivity index is 1.76. The van der Waals surface area contributed by atoms with Crippen LogP contribution in [0.4, 0.5) is 11.8 Å². The maximum absolute atomic E-state index is 13.2. The number of rotatable bonds is 4. The van der Waals surface area contributed by atoms with Gasteiger partial charge in [-0.15, -0.1) is 0 Å². The monoisotopic (exact) mass is 403 g/mol. The lowest BCUT2D eigenvalue weighted by Crippen LogP contribution is -2.48. The summed E-state index contributed by atoms with van der Waals surface area (Å²) in [5.74, 6) is 1.98. The number of aromatic nitrogens is 3. The molecule has 0 aromatic carbocycles. The van der Waals surface area contributed by atoms with Crippen LogP contribution in [0.2, 0.25) is 5.15 Å². The van der Waals surface area contributed by atoms with Gasteiger partial charge in [-0.25, -0.2) is 4.98 Å². The van der Waals surface area contributed by atoms with Crippen LogP contribution in [-0.2, 0) is 16.8 Å². The number of ketones is 1. The smallest absolute Gasteiger partial charge is 0.223 e. The summed E-state index contributed by atoms with van der Waals surface area (Å²) in [4.78, 5) is 28.1. The van der Waals surface area contributed by atoms with E-state index < -0.39 is 5.41 Å². The second-order valence-electron chi connectivity index (χ2n) is 7.17. The van der Waals surface area contributed by atoms with E-state index in [9.17, 15) is 4.79 Å². The highest BCUT2D eigenvalue weighted by molar-refractivity contribution is 6.31. The van der Waals surface area contributed by atoms with Gasteiger partial charge < -0.3 is 20.1 Å². The average Bonchev–Trinajstić information content (AvgIpc) is 3.16. The van der Waals surface area contributed by atoms with Crippen LogP contribution in [0.1, 0.15) is 36.9 Å². The first-order valence-electron chi connectivity index (χ1n) is 9.17. The Kier molecular flexibility index (Phi) is 4.74. The first-order chi connectivity index (χ1) is 13.5. The highest BCUT2D eigenvalue weighted by Gasteiger charge is 2.50. The number of hydrogen-bond donors (Lipinski definition) is 1. The van der Waals surface area contributed by atoms with E-state index in [2.05, 4.69) is 15.0 Å². The van der Waals surface area contributed by atoms with Crippen molar-refractivity contribution < 1.29 is 14.3 Å². The largest absolute Gasteiger partial charge is 0.493 e. The van der Waals surface area contributed by atoms with Gasteiger partial charge in [-0.2, -0.15) is 4.98 Å². The van der Waals surface area contributed by atoms with Crippen LogP contribution in [0.5, 0.6) is 11.5 Å². The van der Waals surface area contributed by atoms with Gasteiger partial charge in [0.2, 0.25) is 5.95 Å². The van der Waals surface area contributed by atoms with Crippen LogP contribution in [0.15, 0.2) is 12.3 Å². The van der Waals surface area contributed by atoms with Crippen molar-refractivity contribution >= 4 is 29.2 Å². The Hall–Kier alpha value is -2.61. The molecule has 1 aliphatic carbocycles. The molecular formula is C19H22ClN5O3. The summed E-state index contributed by atoms with van der Waals surface area (Å²) in [6.45, 7) is 0.595. The minimum absolute atomic E-state index is 0.0940. The number of methoxy groups -OCH3 is 2. The number of halogens is 1. The third-order valence-corrected chi connectivity index (χ3v) is 5.92. The molecule has 0 bridgehead atoms. The van der Waals surface area contributed by atoms with E-state index in [-0.39, 0.29) is 23.4 Å². The van der Waals surface area contributed by atoms with Gasteiger partial charge in [0.1, 0.15) is 11.0 Å². The van der Waals surface area contributed by atoms with Crippen LogP contribution < -0.4 is 20.1 Å². The van der Waals surface area contributed by atoms with Crippen molar-refractivity contribution in [3.05, 3.63) is 28.7 Å². The van der Waals surface area contributed by atoms with Crippen LogP contribution in [-0.4, -0.2) is 41.5 Å². The highest BCUT2D eigenvalue weighted by atomic mass is 35.5. The number of carbonyl (C=O) groups excluding carboxylic acids is 1. The Morgan fingerprint density at radius 2 is 1.93 bits per heavy atom. The predicted molar refractivity (Wildman–Crippen MR) is 105 cm³/mol. The van der Waals surface area contributed by atoms with Gasteiger partial charge in [0.25, 0.3) is 0 Å². The second kappa shape index (κ2) is 7.09. The molecule has 9 heteroatoms. The number of hydrogen-bond acceptors (Lipinski definition) is 8. The zero-order valence-corrected chi connectivity index (χ0v) is 16.6. The molecule has 1 spiro atoms. The molecule has 0 atom stereocenters. The Labute approximate surface area is 168 Å². The van der Waals surface area contributed by atoms with Crippen LogP contribution in [0, 0.1) is 0 Å². The van der Waals surface area contributed by atoms with Gasteiger partial charge in [-0.1, -0.05) is 24.4 Å². The molecule has 0 unspecified atom stereocenters. The van der Waals surface area contributed by atoms with Crippen LogP contribution >= 0.6 is 11.6 Å². The van der Waals surface area contributed by atoms with E-state index in [0.29, 0.717) is 35.1 Å². The van der Waals surface area contributed by atoms with E-state index in [4.69, 9.17) is 26.8 Å². The van der Waals surface area contributed by atoms with Crippen LogP contribution in [0.3, 0.4) is 0 Å². The van der Waals surface area contributed by atoms with Gasteiger partial charge in [0.05, 0.1) is 44.6 Å². The average molecular weight is 404 g/mol. The fourth-order valence-corrected chi connectivity index (χ4v) is 4.67.